The summed E-state index contributed by atoms with van der Waals surface area (Å²) in [6, 6.07) is 8.98. The molecule has 0 aliphatic heterocycles. The first-order valence-corrected chi connectivity index (χ1v) is 8.65. The van der Waals surface area contributed by atoms with E-state index < -0.39 is 11.3 Å². The molecule has 1 unspecified atom stereocenters. The molecule has 0 amide bonds. The maximum Gasteiger partial charge on any atom is 0.279 e. The van der Waals surface area contributed by atoms with Crippen LogP contribution in [0.4, 0.5) is 5.69 Å². The Kier molecular flexibility index (Phi) is 5.26. The number of benzene rings is 1. The Morgan fingerprint density at radius 2 is 2.04 bits per heavy atom. The molecule has 136 valence electrons. The van der Waals surface area contributed by atoms with Crippen molar-refractivity contribution in [1.29, 1.82) is 0 Å². The number of aromatic nitrogens is 3. The van der Waals surface area contributed by atoms with E-state index in [4.69, 9.17) is 4.74 Å². The summed E-state index contributed by atoms with van der Waals surface area (Å²) in [4.78, 5) is 18.7. The molecule has 9 nitrogen and oxygen atoms in total. The lowest BCUT2D eigenvalue weighted by Gasteiger charge is -2.11. The largest absolute Gasteiger partial charge is 0.759 e. The van der Waals surface area contributed by atoms with E-state index in [1.807, 2.05) is 12.1 Å². The molecule has 0 bridgehead atoms. The second-order valence-electron chi connectivity index (χ2n) is 5.50. The fraction of sp³-hybridized carbons (Fsp3) is 0.188. The third-order valence-electron chi connectivity index (χ3n) is 3.76. The number of hydrogen-bond acceptors (Lipinski definition) is 7. The number of hydrogen-bond donors (Lipinski definition) is 2. The van der Waals surface area contributed by atoms with Gasteiger partial charge in [-0.1, -0.05) is 12.1 Å². The van der Waals surface area contributed by atoms with E-state index in [1.54, 1.807) is 31.4 Å². The Bertz CT molecular complexity index is 1020. The number of methoxy groups -OCH3 is 1. The number of aryl methyl sites for hydroxylation is 1. The van der Waals surface area contributed by atoms with Crippen LogP contribution < -0.4 is 20.6 Å². The van der Waals surface area contributed by atoms with Crippen molar-refractivity contribution in [1.82, 2.24) is 19.6 Å². The molecule has 0 spiro atoms. The average Bonchev–Trinajstić information content (AvgIpc) is 2.63. The third kappa shape index (κ3) is 3.87. The van der Waals surface area contributed by atoms with Gasteiger partial charge < -0.3 is 14.7 Å². The van der Waals surface area contributed by atoms with Gasteiger partial charge in [-0.15, -0.1) is 0 Å². The molecule has 2 aromatic heterocycles. The van der Waals surface area contributed by atoms with E-state index in [2.05, 4.69) is 20.3 Å². The van der Waals surface area contributed by atoms with Crippen LogP contribution in [-0.4, -0.2) is 30.6 Å². The van der Waals surface area contributed by atoms with Crippen molar-refractivity contribution in [2.24, 2.45) is 7.05 Å². The lowest BCUT2D eigenvalue weighted by atomic mass is 10.1. The Morgan fingerprint density at radius 3 is 2.69 bits per heavy atom. The predicted molar refractivity (Wildman–Crippen MR) is 96.3 cm³/mol. The first-order chi connectivity index (χ1) is 12.5. The van der Waals surface area contributed by atoms with Gasteiger partial charge in [0.25, 0.3) is 5.56 Å². The Hall–Kier alpha value is -2.82. The molecule has 0 aliphatic rings. The summed E-state index contributed by atoms with van der Waals surface area (Å²) in [5, 5.41) is 5.09. The maximum absolute atomic E-state index is 12.2. The number of nitrogens with one attached hydrogen (secondary N) is 2. The molecular formula is C16H16N5O4S-. The van der Waals surface area contributed by atoms with Crippen molar-refractivity contribution >= 4 is 27.7 Å². The molecule has 1 atom stereocenters. The SMILES string of the molecule is COc1nc(Cc2ccc(NNS(=O)[O-])cc2)cc2cnn(C)c(=O)c12. The minimum absolute atomic E-state index is 0.265. The van der Waals surface area contributed by atoms with Gasteiger partial charge in [-0.2, -0.15) is 9.93 Å². The van der Waals surface area contributed by atoms with Gasteiger partial charge in [0, 0.05) is 41.5 Å². The van der Waals surface area contributed by atoms with Gasteiger partial charge in [0.1, 0.15) is 5.39 Å². The highest BCUT2D eigenvalue weighted by molar-refractivity contribution is 7.77. The first kappa shape index (κ1) is 18.0. The van der Waals surface area contributed by atoms with Gasteiger partial charge in [0.15, 0.2) is 0 Å². The number of fused-ring (bicyclic) bond motifs is 1. The molecule has 0 aliphatic carbocycles. The van der Waals surface area contributed by atoms with Crippen LogP contribution in [0.25, 0.3) is 10.8 Å². The minimum Gasteiger partial charge on any atom is -0.759 e. The number of anilines is 1. The molecule has 2 N–H and O–H groups in total. The summed E-state index contributed by atoms with van der Waals surface area (Å²) in [6.07, 6.45) is 2.12. The van der Waals surface area contributed by atoms with Crippen LogP contribution in [0, 0.1) is 0 Å². The molecule has 0 saturated heterocycles. The van der Waals surface area contributed by atoms with Crippen LogP contribution in [0.1, 0.15) is 11.3 Å². The van der Waals surface area contributed by atoms with Crippen molar-refractivity contribution in [2.75, 3.05) is 12.5 Å². The molecule has 0 saturated carbocycles. The molecule has 3 rings (SSSR count). The van der Waals surface area contributed by atoms with Crippen molar-refractivity contribution < 1.29 is 13.5 Å². The zero-order valence-corrected chi connectivity index (χ0v) is 14.9. The molecule has 0 fully saturated rings. The number of hydrazine groups is 1. The van der Waals surface area contributed by atoms with Crippen LogP contribution in [0.2, 0.25) is 0 Å². The van der Waals surface area contributed by atoms with Crippen LogP contribution >= 0.6 is 0 Å². The third-order valence-corrected chi connectivity index (χ3v) is 4.03. The first-order valence-electron chi connectivity index (χ1n) is 7.57. The van der Waals surface area contributed by atoms with E-state index in [0.717, 1.165) is 11.3 Å². The molecular weight excluding hydrogens is 358 g/mol. The number of ether oxygens (including phenoxy) is 1. The van der Waals surface area contributed by atoms with Crippen molar-refractivity contribution in [3.8, 4) is 5.88 Å². The van der Waals surface area contributed by atoms with Crippen LogP contribution in [-0.2, 0) is 24.7 Å². The summed E-state index contributed by atoms with van der Waals surface area (Å²) in [6.45, 7) is 0. The fourth-order valence-electron chi connectivity index (χ4n) is 2.53. The Morgan fingerprint density at radius 1 is 1.31 bits per heavy atom. The fourth-order valence-corrected chi connectivity index (χ4v) is 2.73. The van der Waals surface area contributed by atoms with Gasteiger partial charge in [-0.25, -0.2) is 9.67 Å². The summed E-state index contributed by atoms with van der Waals surface area (Å²) in [5.41, 5.74) is 4.57. The normalized spacial score (nSPS) is 12.1. The van der Waals surface area contributed by atoms with Gasteiger partial charge in [0.05, 0.1) is 13.3 Å². The summed E-state index contributed by atoms with van der Waals surface area (Å²) >= 11 is -2.39. The van der Waals surface area contributed by atoms with Gasteiger partial charge in [-0.3, -0.25) is 9.00 Å². The van der Waals surface area contributed by atoms with Gasteiger partial charge >= 0.3 is 0 Å². The maximum atomic E-state index is 12.2. The topological polar surface area (TPSA) is 121 Å². The second-order valence-corrected chi connectivity index (χ2v) is 6.17. The lowest BCUT2D eigenvalue weighted by molar-refractivity contribution is 0.401. The molecule has 3 aromatic rings. The summed E-state index contributed by atoms with van der Waals surface area (Å²) in [5.74, 6) is 0.265. The standard InChI is InChI=1S/C16H17N5O4S/c1-21-16(22)14-11(9-17-21)8-13(18-15(14)25-2)7-10-3-5-12(6-4-10)19-20-26(23)24/h3-6,8-9,19-20H,7H2,1-2H3,(H,23,24)/p-1. The second kappa shape index (κ2) is 7.60. The van der Waals surface area contributed by atoms with Crippen molar-refractivity contribution in [2.45, 2.75) is 6.42 Å². The molecule has 0 radical (unpaired) electrons. The molecule has 2 heterocycles. The highest BCUT2D eigenvalue weighted by Gasteiger charge is 2.12. The monoisotopic (exact) mass is 374 g/mol. The van der Waals surface area contributed by atoms with Crippen molar-refractivity contribution in [3.05, 3.63) is 58.1 Å². The smallest absolute Gasteiger partial charge is 0.279 e. The van der Waals surface area contributed by atoms with Gasteiger partial charge in [0.2, 0.25) is 5.88 Å². The average molecular weight is 374 g/mol. The summed E-state index contributed by atoms with van der Waals surface area (Å²) in [7, 11) is 3.04. The number of pyridine rings is 1. The number of rotatable bonds is 6. The van der Waals surface area contributed by atoms with Crippen LogP contribution in [0.3, 0.4) is 0 Å². The molecule has 26 heavy (non-hydrogen) atoms. The lowest BCUT2D eigenvalue weighted by Crippen LogP contribution is -2.23. The zero-order valence-electron chi connectivity index (χ0n) is 14.1. The van der Waals surface area contributed by atoms with E-state index in [0.29, 0.717) is 22.9 Å². The van der Waals surface area contributed by atoms with Crippen LogP contribution in [0.5, 0.6) is 5.88 Å². The van der Waals surface area contributed by atoms with E-state index >= 15 is 0 Å². The van der Waals surface area contributed by atoms with E-state index in [-0.39, 0.29) is 11.4 Å². The highest BCUT2D eigenvalue weighted by Crippen LogP contribution is 2.22. The van der Waals surface area contributed by atoms with Gasteiger partial charge in [-0.05, 0) is 23.8 Å². The highest BCUT2D eigenvalue weighted by atomic mass is 32.2. The Balaban J connectivity index is 1.88. The zero-order chi connectivity index (χ0) is 18.7. The quantitative estimate of drug-likeness (QED) is 0.480. The van der Waals surface area contributed by atoms with E-state index in [1.165, 1.54) is 11.8 Å². The summed E-state index contributed by atoms with van der Waals surface area (Å²) < 4.78 is 27.5. The molecule has 10 heteroatoms. The van der Waals surface area contributed by atoms with E-state index in [9.17, 15) is 13.6 Å². The van der Waals surface area contributed by atoms with Crippen LogP contribution in [0.15, 0.2) is 41.3 Å². The molecule has 1 aromatic carbocycles. The predicted octanol–water partition coefficient (Wildman–Crippen LogP) is 0.638. The Labute approximate surface area is 151 Å². The minimum atomic E-state index is -2.39. The van der Waals surface area contributed by atoms with Crippen molar-refractivity contribution in [3.63, 3.8) is 0 Å². The number of nitrogens with zero attached hydrogens (tertiary/aromatic N) is 3.